The third-order valence-electron chi connectivity index (χ3n) is 6.91. The van der Waals surface area contributed by atoms with Gasteiger partial charge < -0.3 is 11.1 Å². The highest BCUT2D eigenvalue weighted by Crippen LogP contribution is 2.56. The Bertz CT molecular complexity index is 771. The van der Waals surface area contributed by atoms with Crippen molar-refractivity contribution in [3.05, 3.63) is 29.8 Å². The first-order valence-corrected chi connectivity index (χ1v) is 9.51. The summed E-state index contributed by atoms with van der Waals surface area (Å²) in [5, 5.41) is 3.05. The molecule has 26 heavy (non-hydrogen) atoms. The van der Waals surface area contributed by atoms with Crippen molar-refractivity contribution in [2.24, 2.45) is 23.7 Å². The Kier molecular flexibility index (Phi) is 3.24. The number of rotatable bonds is 4. The molecule has 4 aliphatic rings. The van der Waals surface area contributed by atoms with Gasteiger partial charge in [-0.15, -0.1) is 0 Å². The van der Waals surface area contributed by atoms with Gasteiger partial charge in [-0.25, -0.2) is 0 Å². The zero-order chi connectivity index (χ0) is 18.1. The van der Waals surface area contributed by atoms with Gasteiger partial charge in [-0.05, 0) is 61.6 Å². The first kappa shape index (κ1) is 15.9. The maximum absolute atomic E-state index is 12.7. The minimum absolute atomic E-state index is 0.125. The Labute approximate surface area is 152 Å². The SMILES string of the molecule is Nc1ccc(C2(NC(=O)CN3C(=O)C4C5CCC(C5)C4C3=O)CC2)cc1. The molecule has 0 spiro atoms. The molecule has 3 amide bonds. The van der Waals surface area contributed by atoms with Crippen LogP contribution >= 0.6 is 0 Å². The van der Waals surface area contributed by atoms with E-state index in [4.69, 9.17) is 5.73 Å². The summed E-state index contributed by atoms with van der Waals surface area (Å²) in [4.78, 5) is 39.3. The number of fused-ring (bicyclic) bond motifs is 5. The molecule has 1 saturated heterocycles. The summed E-state index contributed by atoms with van der Waals surface area (Å²) >= 11 is 0. The minimum Gasteiger partial charge on any atom is -0.399 e. The Hall–Kier alpha value is -2.37. The average Bonchev–Trinajstić information content (AvgIpc) is 3.00. The maximum Gasteiger partial charge on any atom is 0.240 e. The van der Waals surface area contributed by atoms with E-state index in [0.717, 1.165) is 37.7 Å². The molecule has 1 heterocycles. The van der Waals surface area contributed by atoms with Crippen LogP contribution in [0.15, 0.2) is 24.3 Å². The molecular weight excluding hydrogens is 330 g/mol. The second-order valence-corrected chi connectivity index (χ2v) is 8.40. The molecule has 136 valence electrons. The van der Waals surface area contributed by atoms with E-state index in [2.05, 4.69) is 5.32 Å². The van der Waals surface area contributed by atoms with E-state index in [1.54, 1.807) is 0 Å². The van der Waals surface area contributed by atoms with Crippen molar-refractivity contribution >= 4 is 23.4 Å². The third-order valence-corrected chi connectivity index (χ3v) is 6.91. The van der Waals surface area contributed by atoms with Crippen LogP contribution in [0, 0.1) is 23.7 Å². The lowest BCUT2D eigenvalue weighted by Gasteiger charge is -2.21. The Balaban J connectivity index is 1.28. The summed E-state index contributed by atoms with van der Waals surface area (Å²) in [6, 6.07) is 7.51. The van der Waals surface area contributed by atoms with Crippen molar-refractivity contribution < 1.29 is 14.4 Å². The fraction of sp³-hybridized carbons (Fsp3) is 0.550. The molecular formula is C20H23N3O3. The van der Waals surface area contributed by atoms with Crippen molar-refractivity contribution in [3.8, 4) is 0 Å². The number of imide groups is 1. The van der Waals surface area contributed by atoms with Gasteiger partial charge >= 0.3 is 0 Å². The number of carbonyl (C=O) groups is 3. The fourth-order valence-electron chi connectivity index (χ4n) is 5.49. The standard InChI is InChI=1S/C20H23N3O3/c21-14-5-3-13(4-6-14)20(7-8-20)22-15(24)10-23-18(25)16-11-1-2-12(9-11)17(16)19(23)26/h3-6,11-12,16-17H,1-2,7-10,21H2,(H,22,24). The van der Waals surface area contributed by atoms with E-state index < -0.39 is 0 Å². The Morgan fingerprint density at radius 2 is 1.65 bits per heavy atom. The van der Waals surface area contributed by atoms with Crippen LogP contribution in [0.4, 0.5) is 5.69 Å². The normalized spacial score (nSPS) is 33.5. The summed E-state index contributed by atoms with van der Waals surface area (Å²) in [5.41, 5.74) is 7.07. The van der Waals surface area contributed by atoms with E-state index in [1.807, 2.05) is 24.3 Å². The smallest absolute Gasteiger partial charge is 0.240 e. The zero-order valence-electron chi connectivity index (χ0n) is 14.6. The Morgan fingerprint density at radius 1 is 1.08 bits per heavy atom. The van der Waals surface area contributed by atoms with Crippen LogP contribution in [-0.2, 0) is 19.9 Å². The van der Waals surface area contributed by atoms with Gasteiger partial charge in [0.1, 0.15) is 6.54 Å². The summed E-state index contributed by atoms with van der Waals surface area (Å²) in [6.07, 6.45) is 4.82. The fourth-order valence-corrected chi connectivity index (χ4v) is 5.49. The van der Waals surface area contributed by atoms with Gasteiger partial charge in [-0.2, -0.15) is 0 Å². The molecule has 0 aromatic heterocycles. The molecule has 0 radical (unpaired) electrons. The van der Waals surface area contributed by atoms with E-state index in [-0.39, 0.29) is 41.6 Å². The number of hydrogen-bond donors (Lipinski definition) is 2. The van der Waals surface area contributed by atoms with Gasteiger partial charge in [0.25, 0.3) is 0 Å². The number of carbonyl (C=O) groups excluding carboxylic acids is 3. The number of likely N-dealkylation sites (tertiary alicyclic amines) is 1. The average molecular weight is 353 g/mol. The predicted molar refractivity (Wildman–Crippen MR) is 94.4 cm³/mol. The van der Waals surface area contributed by atoms with Gasteiger partial charge in [0, 0.05) is 5.69 Å². The lowest BCUT2D eigenvalue weighted by atomic mass is 9.81. The van der Waals surface area contributed by atoms with Crippen molar-refractivity contribution in [2.45, 2.75) is 37.6 Å². The van der Waals surface area contributed by atoms with Crippen molar-refractivity contribution in [2.75, 3.05) is 12.3 Å². The van der Waals surface area contributed by atoms with Crippen molar-refractivity contribution in [1.82, 2.24) is 10.2 Å². The van der Waals surface area contributed by atoms with Crippen LogP contribution in [0.2, 0.25) is 0 Å². The molecule has 4 fully saturated rings. The number of nitrogens with two attached hydrogens (primary N) is 1. The molecule has 1 aromatic rings. The number of amides is 3. The molecule has 5 rings (SSSR count). The topological polar surface area (TPSA) is 92.5 Å². The molecule has 3 aliphatic carbocycles. The summed E-state index contributed by atoms with van der Waals surface area (Å²) < 4.78 is 0. The maximum atomic E-state index is 12.7. The molecule has 3 saturated carbocycles. The van der Waals surface area contributed by atoms with Gasteiger partial charge in [0.2, 0.25) is 17.7 Å². The molecule has 2 bridgehead atoms. The van der Waals surface area contributed by atoms with E-state index in [1.165, 1.54) is 4.90 Å². The van der Waals surface area contributed by atoms with Gasteiger partial charge in [-0.1, -0.05) is 12.1 Å². The quantitative estimate of drug-likeness (QED) is 0.632. The van der Waals surface area contributed by atoms with E-state index in [0.29, 0.717) is 17.5 Å². The van der Waals surface area contributed by atoms with Crippen LogP contribution in [-0.4, -0.2) is 29.2 Å². The second-order valence-electron chi connectivity index (χ2n) is 8.40. The number of hydrogen-bond acceptors (Lipinski definition) is 4. The highest BCUT2D eigenvalue weighted by Gasteiger charge is 2.61. The van der Waals surface area contributed by atoms with E-state index in [9.17, 15) is 14.4 Å². The summed E-state index contributed by atoms with van der Waals surface area (Å²) in [5.74, 6) is -0.145. The number of nitrogens with zero attached hydrogens (tertiary/aromatic N) is 1. The first-order valence-electron chi connectivity index (χ1n) is 9.51. The largest absolute Gasteiger partial charge is 0.399 e. The lowest BCUT2D eigenvalue weighted by molar-refractivity contribution is -0.144. The molecule has 1 aromatic carbocycles. The molecule has 4 unspecified atom stereocenters. The van der Waals surface area contributed by atoms with Crippen LogP contribution in [0.5, 0.6) is 0 Å². The van der Waals surface area contributed by atoms with Crippen LogP contribution in [0.25, 0.3) is 0 Å². The highest BCUT2D eigenvalue weighted by molar-refractivity contribution is 6.08. The number of anilines is 1. The van der Waals surface area contributed by atoms with E-state index >= 15 is 0 Å². The summed E-state index contributed by atoms with van der Waals surface area (Å²) in [6.45, 7) is -0.152. The molecule has 6 heteroatoms. The van der Waals surface area contributed by atoms with Crippen LogP contribution in [0.1, 0.15) is 37.7 Å². The van der Waals surface area contributed by atoms with Gasteiger partial charge in [0.15, 0.2) is 0 Å². The predicted octanol–water partition coefficient (Wildman–Crippen LogP) is 1.41. The Morgan fingerprint density at radius 3 is 2.19 bits per heavy atom. The second kappa shape index (κ2) is 5.32. The third kappa shape index (κ3) is 2.20. The van der Waals surface area contributed by atoms with Gasteiger partial charge in [0.05, 0.1) is 17.4 Å². The van der Waals surface area contributed by atoms with Crippen LogP contribution in [0.3, 0.4) is 0 Å². The first-order chi connectivity index (χ1) is 12.5. The molecule has 6 nitrogen and oxygen atoms in total. The number of nitrogen functional groups attached to an aromatic ring is 1. The number of benzene rings is 1. The minimum atomic E-state index is -0.370. The van der Waals surface area contributed by atoms with Gasteiger partial charge in [-0.3, -0.25) is 19.3 Å². The summed E-state index contributed by atoms with van der Waals surface area (Å²) in [7, 11) is 0. The highest BCUT2D eigenvalue weighted by atomic mass is 16.2. The molecule has 1 aliphatic heterocycles. The lowest BCUT2D eigenvalue weighted by Crippen LogP contribution is -2.45. The molecule has 3 N–H and O–H groups in total. The molecule has 4 atom stereocenters. The van der Waals surface area contributed by atoms with Crippen molar-refractivity contribution in [1.29, 1.82) is 0 Å². The zero-order valence-corrected chi connectivity index (χ0v) is 14.6. The number of nitrogens with one attached hydrogen (secondary N) is 1. The monoisotopic (exact) mass is 353 g/mol. The van der Waals surface area contributed by atoms with Crippen LogP contribution < -0.4 is 11.1 Å². The van der Waals surface area contributed by atoms with Crippen molar-refractivity contribution in [3.63, 3.8) is 0 Å².